The van der Waals surface area contributed by atoms with Crippen LogP contribution in [0.25, 0.3) is 0 Å². The van der Waals surface area contributed by atoms with Crippen LogP contribution in [0.15, 0.2) is 42.5 Å². The molecule has 3 aromatic rings. The lowest BCUT2D eigenvalue weighted by molar-refractivity contribution is -0.123. The fraction of sp³-hybridized carbons (Fsp3) is 0.357. The van der Waals surface area contributed by atoms with E-state index >= 15 is 0 Å². The second kappa shape index (κ2) is 11.8. The molecule has 0 unspecified atom stereocenters. The number of nitrogen functional groups attached to an aromatic ring is 1. The molecule has 1 saturated heterocycles. The van der Waals surface area contributed by atoms with Gasteiger partial charge in [0, 0.05) is 38.6 Å². The molecule has 1 fully saturated rings. The molecule has 2 heterocycles. The predicted molar refractivity (Wildman–Crippen MR) is 153 cm³/mol. The minimum atomic E-state index is -1.05. The molecule has 4 rings (SSSR count). The molecule has 11 heteroatoms. The molecule has 1 aromatic heterocycles. The molecule has 1 aliphatic rings. The summed E-state index contributed by atoms with van der Waals surface area (Å²) in [5.41, 5.74) is 15.2. The largest absolute Gasteiger partial charge is 0.395 e. The first kappa shape index (κ1) is 28.1. The van der Waals surface area contributed by atoms with E-state index in [-0.39, 0.29) is 28.3 Å². The molecule has 3 amide bonds. The summed E-state index contributed by atoms with van der Waals surface area (Å²) in [7, 11) is 3.85. The molecule has 0 radical (unpaired) electrons. The van der Waals surface area contributed by atoms with E-state index in [0.29, 0.717) is 24.4 Å². The van der Waals surface area contributed by atoms with Crippen LogP contribution in [-0.2, 0) is 9.53 Å². The van der Waals surface area contributed by atoms with Crippen LogP contribution < -0.4 is 26.6 Å². The van der Waals surface area contributed by atoms with Crippen molar-refractivity contribution in [3.63, 3.8) is 0 Å². The van der Waals surface area contributed by atoms with Gasteiger partial charge in [-0.25, -0.2) is 0 Å². The highest BCUT2D eigenvalue weighted by molar-refractivity contribution is 7.09. The minimum absolute atomic E-state index is 0.0338. The third-order valence-corrected chi connectivity index (χ3v) is 7.82. The molecule has 5 N–H and O–H groups in total. The summed E-state index contributed by atoms with van der Waals surface area (Å²) in [5, 5.41) is 3.00. The van der Waals surface area contributed by atoms with Gasteiger partial charge in [0.05, 0.1) is 11.8 Å². The number of carbonyl (C=O) groups excluding carboxylic acids is 3. The number of aromatic nitrogens is 1. The van der Waals surface area contributed by atoms with E-state index in [1.807, 2.05) is 69.2 Å². The number of hydrogen-bond donors (Lipinski definition) is 3. The number of nitrogens with one attached hydrogen (secondary N) is 1. The first-order valence-electron chi connectivity index (χ1n) is 12.7. The van der Waals surface area contributed by atoms with E-state index in [1.54, 1.807) is 6.07 Å². The van der Waals surface area contributed by atoms with Crippen molar-refractivity contribution in [2.24, 2.45) is 5.73 Å². The normalized spacial score (nSPS) is 15.5. The fourth-order valence-electron chi connectivity index (χ4n) is 4.59. The molecule has 10 nitrogen and oxygen atoms in total. The van der Waals surface area contributed by atoms with Gasteiger partial charge in [-0.05, 0) is 73.1 Å². The Hall–Kier alpha value is -3.96. The Labute approximate surface area is 232 Å². The Balaban J connectivity index is 1.86. The maximum atomic E-state index is 14.3. The van der Waals surface area contributed by atoms with Crippen molar-refractivity contribution in [3.05, 3.63) is 69.7 Å². The second-order valence-corrected chi connectivity index (χ2v) is 10.6. The van der Waals surface area contributed by atoms with Gasteiger partial charge < -0.3 is 26.4 Å². The Morgan fingerprint density at radius 2 is 1.87 bits per heavy atom. The lowest BCUT2D eigenvalue weighted by Crippen LogP contribution is -2.46. The molecule has 0 saturated carbocycles. The van der Waals surface area contributed by atoms with Crippen LogP contribution in [0.4, 0.5) is 17.1 Å². The first-order chi connectivity index (χ1) is 18.6. The molecule has 0 spiro atoms. The number of ether oxygens (including phenoxy) is 1. The zero-order valence-corrected chi connectivity index (χ0v) is 23.4. The van der Waals surface area contributed by atoms with Crippen molar-refractivity contribution in [1.82, 2.24) is 9.69 Å². The zero-order chi connectivity index (χ0) is 28.3. The number of anilines is 3. The lowest BCUT2D eigenvalue weighted by atomic mass is 9.99. The van der Waals surface area contributed by atoms with Gasteiger partial charge in [0.25, 0.3) is 11.8 Å². The lowest BCUT2D eigenvalue weighted by Gasteiger charge is -2.33. The highest BCUT2D eigenvalue weighted by Gasteiger charge is 2.37. The highest BCUT2D eigenvalue weighted by atomic mass is 32.1. The van der Waals surface area contributed by atoms with Gasteiger partial charge in [-0.3, -0.25) is 19.3 Å². The zero-order valence-electron chi connectivity index (χ0n) is 22.6. The standard InChI is InChI=1S/C28H34N6O4S/c1-16-7-5-9-21(17(16)2)34(28(37)25-22(29)23(26(30)35)32-39-25)24(18-10-12-19(13-11-18)33(3)4)27(36)31-15-20-8-6-14-38-20/h5,7,9-13,20,24H,6,8,14-15,29H2,1-4H3,(H2,30,35)(H,31,36)/t20-,24-/m0/s1. The SMILES string of the molecule is Cc1cccc(N(C(=O)c2snc(C(N)=O)c2N)[C@H](C(=O)NC[C@@H]2CCCO2)c2ccc(N(C)C)cc2)c1C. The van der Waals surface area contributed by atoms with Crippen molar-refractivity contribution in [1.29, 1.82) is 0 Å². The smallest absolute Gasteiger partial charge is 0.273 e. The Bertz CT molecular complexity index is 1360. The number of hydrogen-bond acceptors (Lipinski definition) is 8. The van der Waals surface area contributed by atoms with Gasteiger partial charge in [-0.1, -0.05) is 24.3 Å². The number of nitrogens with two attached hydrogens (primary N) is 2. The summed E-state index contributed by atoms with van der Waals surface area (Å²) in [6.07, 6.45) is 1.72. The summed E-state index contributed by atoms with van der Waals surface area (Å²) in [6.45, 7) is 4.82. The Kier molecular flexibility index (Phi) is 8.51. The van der Waals surface area contributed by atoms with Crippen LogP contribution >= 0.6 is 11.5 Å². The summed E-state index contributed by atoms with van der Waals surface area (Å²) in [5.74, 6) is -1.75. The molecule has 39 heavy (non-hydrogen) atoms. The van der Waals surface area contributed by atoms with Crippen molar-refractivity contribution in [2.45, 2.75) is 38.8 Å². The summed E-state index contributed by atoms with van der Waals surface area (Å²) >= 11 is 0.785. The third kappa shape index (κ3) is 5.89. The van der Waals surface area contributed by atoms with Crippen molar-refractivity contribution in [2.75, 3.05) is 42.8 Å². The van der Waals surface area contributed by atoms with Gasteiger partial charge in [0.15, 0.2) is 5.69 Å². The third-order valence-electron chi connectivity index (χ3n) is 6.97. The Morgan fingerprint density at radius 3 is 2.46 bits per heavy atom. The van der Waals surface area contributed by atoms with E-state index in [1.165, 1.54) is 4.90 Å². The van der Waals surface area contributed by atoms with Crippen molar-refractivity contribution >= 4 is 46.3 Å². The van der Waals surface area contributed by atoms with Gasteiger partial charge >= 0.3 is 0 Å². The molecule has 206 valence electrons. The maximum Gasteiger partial charge on any atom is 0.273 e. The van der Waals surface area contributed by atoms with E-state index in [4.69, 9.17) is 16.2 Å². The molecule has 0 bridgehead atoms. The number of amides is 3. The predicted octanol–water partition coefficient (Wildman–Crippen LogP) is 3.19. The highest BCUT2D eigenvalue weighted by Crippen LogP contribution is 2.36. The Morgan fingerprint density at radius 1 is 1.15 bits per heavy atom. The monoisotopic (exact) mass is 550 g/mol. The first-order valence-corrected chi connectivity index (χ1v) is 13.5. The van der Waals surface area contributed by atoms with Gasteiger partial charge in [0.2, 0.25) is 5.91 Å². The minimum Gasteiger partial charge on any atom is -0.395 e. The van der Waals surface area contributed by atoms with Crippen LogP contribution in [0.5, 0.6) is 0 Å². The molecule has 2 atom stereocenters. The van der Waals surface area contributed by atoms with Crippen molar-refractivity contribution < 1.29 is 19.1 Å². The summed E-state index contributed by atoms with van der Waals surface area (Å²) in [4.78, 5) is 43.5. The van der Waals surface area contributed by atoms with E-state index in [0.717, 1.165) is 41.2 Å². The molecule has 2 aromatic carbocycles. The number of carbonyl (C=O) groups is 3. The maximum absolute atomic E-state index is 14.3. The van der Waals surface area contributed by atoms with E-state index < -0.39 is 17.9 Å². The van der Waals surface area contributed by atoms with Crippen LogP contribution in [0.2, 0.25) is 0 Å². The number of rotatable bonds is 9. The number of primary amides is 1. The van der Waals surface area contributed by atoms with Gasteiger partial charge in [-0.2, -0.15) is 4.37 Å². The topological polar surface area (TPSA) is 144 Å². The molecular weight excluding hydrogens is 516 g/mol. The van der Waals surface area contributed by atoms with E-state index in [2.05, 4.69) is 9.69 Å². The van der Waals surface area contributed by atoms with Crippen LogP contribution in [-0.4, -0.2) is 55.4 Å². The summed E-state index contributed by atoms with van der Waals surface area (Å²) in [6, 6.07) is 12.0. The molecule has 0 aliphatic carbocycles. The molecule has 1 aliphatic heterocycles. The quantitative estimate of drug-likeness (QED) is 0.371. The second-order valence-electron chi connectivity index (χ2n) is 9.80. The van der Waals surface area contributed by atoms with Crippen LogP contribution in [0.1, 0.15) is 55.7 Å². The summed E-state index contributed by atoms with van der Waals surface area (Å²) < 4.78 is 9.72. The van der Waals surface area contributed by atoms with Gasteiger partial charge in [0.1, 0.15) is 10.9 Å². The van der Waals surface area contributed by atoms with Gasteiger partial charge in [-0.15, -0.1) is 0 Å². The average molecular weight is 551 g/mol. The fourth-order valence-corrected chi connectivity index (χ4v) is 5.33. The van der Waals surface area contributed by atoms with Crippen LogP contribution in [0.3, 0.4) is 0 Å². The number of benzene rings is 2. The molecular formula is C28H34N6O4S. The number of aryl methyl sites for hydroxylation is 1. The van der Waals surface area contributed by atoms with E-state index in [9.17, 15) is 14.4 Å². The van der Waals surface area contributed by atoms with Crippen LogP contribution in [0, 0.1) is 13.8 Å². The van der Waals surface area contributed by atoms with Crippen molar-refractivity contribution in [3.8, 4) is 0 Å². The average Bonchev–Trinajstić information content (AvgIpc) is 3.57. The number of nitrogens with zero attached hydrogens (tertiary/aromatic N) is 3.